The van der Waals surface area contributed by atoms with Gasteiger partial charge < -0.3 is 24.2 Å². The molecule has 0 bridgehead atoms. The molecule has 0 aliphatic carbocycles. The smallest absolute Gasteiger partial charge is 0.219 e. The lowest BCUT2D eigenvalue weighted by atomic mass is 9.71. The van der Waals surface area contributed by atoms with Crippen molar-refractivity contribution in [1.82, 2.24) is 9.80 Å². The zero-order valence-electron chi connectivity index (χ0n) is 17.4. The summed E-state index contributed by atoms with van der Waals surface area (Å²) in [6, 6.07) is 3.93. The van der Waals surface area contributed by atoms with Crippen LogP contribution in [-0.2, 0) is 11.3 Å². The van der Waals surface area contributed by atoms with E-state index in [1.165, 1.54) is 0 Å². The Morgan fingerprint density at radius 2 is 1.82 bits per heavy atom. The molecule has 3 rings (SSSR count). The molecular weight excluding hydrogens is 360 g/mol. The first-order valence-electron chi connectivity index (χ1n) is 9.85. The number of benzene rings is 1. The molecule has 1 unspecified atom stereocenters. The van der Waals surface area contributed by atoms with Crippen molar-refractivity contribution in [3.8, 4) is 17.2 Å². The highest BCUT2D eigenvalue weighted by molar-refractivity contribution is 5.73. The van der Waals surface area contributed by atoms with E-state index in [9.17, 15) is 9.90 Å². The van der Waals surface area contributed by atoms with Gasteiger partial charge in [-0.3, -0.25) is 9.69 Å². The maximum atomic E-state index is 11.8. The van der Waals surface area contributed by atoms with Gasteiger partial charge in [-0.1, -0.05) is 6.07 Å². The van der Waals surface area contributed by atoms with Crippen molar-refractivity contribution >= 4 is 5.91 Å². The van der Waals surface area contributed by atoms with Crippen LogP contribution >= 0.6 is 0 Å². The molecule has 2 saturated heterocycles. The number of carbonyl (C=O) groups is 1. The molecule has 1 amide bonds. The van der Waals surface area contributed by atoms with E-state index in [4.69, 9.17) is 14.2 Å². The Morgan fingerprint density at radius 3 is 2.39 bits per heavy atom. The average molecular weight is 392 g/mol. The standard InChI is InChI=1S/C21H32N2O5/c1-15(24)23-13-17(25)11-21(14-23)7-9-22(10-8-21)12-16-5-6-18(26-2)20(28-4)19(16)27-3/h5-6,17,25H,7-14H2,1-4H3. The molecule has 0 aromatic heterocycles. The fourth-order valence-electron chi connectivity index (χ4n) is 4.67. The van der Waals surface area contributed by atoms with Crippen LogP contribution < -0.4 is 14.2 Å². The summed E-state index contributed by atoms with van der Waals surface area (Å²) >= 11 is 0. The molecule has 7 heteroatoms. The number of rotatable bonds is 5. The molecule has 1 atom stereocenters. The molecule has 2 fully saturated rings. The lowest BCUT2D eigenvalue weighted by Gasteiger charge is -2.49. The number of hydrogen-bond acceptors (Lipinski definition) is 6. The number of methoxy groups -OCH3 is 3. The van der Waals surface area contributed by atoms with Crippen LogP contribution in [0.25, 0.3) is 0 Å². The van der Waals surface area contributed by atoms with Gasteiger partial charge in [-0.05, 0) is 43.8 Å². The van der Waals surface area contributed by atoms with Gasteiger partial charge in [0.05, 0.1) is 27.4 Å². The zero-order chi connectivity index (χ0) is 20.3. The molecular formula is C21H32N2O5. The fraction of sp³-hybridized carbons (Fsp3) is 0.667. The van der Waals surface area contributed by atoms with Gasteiger partial charge in [-0.25, -0.2) is 0 Å². The van der Waals surface area contributed by atoms with Gasteiger partial charge in [-0.15, -0.1) is 0 Å². The number of aliphatic hydroxyl groups excluding tert-OH is 1. The van der Waals surface area contributed by atoms with Crippen LogP contribution in [0.15, 0.2) is 12.1 Å². The molecule has 0 radical (unpaired) electrons. The van der Waals surface area contributed by atoms with Gasteiger partial charge in [0.2, 0.25) is 11.7 Å². The van der Waals surface area contributed by atoms with Crippen LogP contribution in [0.2, 0.25) is 0 Å². The first kappa shape index (κ1) is 20.7. The Labute approximate surface area is 167 Å². The second-order valence-corrected chi connectivity index (χ2v) is 8.03. The van der Waals surface area contributed by atoms with E-state index in [-0.39, 0.29) is 11.3 Å². The highest BCUT2D eigenvalue weighted by Gasteiger charge is 2.42. The molecule has 1 aromatic rings. The summed E-state index contributed by atoms with van der Waals surface area (Å²) in [5.41, 5.74) is 1.09. The van der Waals surface area contributed by atoms with Crippen molar-refractivity contribution in [2.24, 2.45) is 5.41 Å². The Kier molecular flexibility index (Phi) is 6.35. The number of nitrogens with zero attached hydrogens (tertiary/aromatic N) is 2. The number of ether oxygens (including phenoxy) is 3. The largest absolute Gasteiger partial charge is 0.493 e. The van der Waals surface area contributed by atoms with E-state index in [1.807, 2.05) is 12.1 Å². The van der Waals surface area contributed by atoms with Crippen LogP contribution in [0.5, 0.6) is 17.2 Å². The average Bonchev–Trinajstić information content (AvgIpc) is 2.68. The van der Waals surface area contributed by atoms with Crippen LogP contribution in [0.4, 0.5) is 0 Å². The number of hydrogen-bond donors (Lipinski definition) is 1. The third-order valence-corrected chi connectivity index (χ3v) is 6.17. The molecule has 0 saturated carbocycles. The fourth-order valence-corrected chi connectivity index (χ4v) is 4.67. The minimum atomic E-state index is -0.421. The zero-order valence-corrected chi connectivity index (χ0v) is 17.4. The number of piperidine rings is 2. The van der Waals surface area contributed by atoms with Gasteiger partial charge >= 0.3 is 0 Å². The van der Waals surface area contributed by atoms with Crippen molar-refractivity contribution in [3.63, 3.8) is 0 Å². The molecule has 1 spiro atoms. The van der Waals surface area contributed by atoms with E-state index in [1.54, 1.807) is 33.2 Å². The topological polar surface area (TPSA) is 71.5 Å². The highest BCUT2D eigenvalue weighted by atomic mass is 16.5. The van der Waals surface area contributed by atoms with Crippen LogP contribution in [0.1, 0.15) is 31.7 Å². The summed E-state index contributed by atoms with van der Waals surface area (Å²) < 4.78 is 16.5. The normalized spacial score (nSPS) is 22.2. The van der Waals surface area contributed by atoms with Crippen LogP contribution in [-0.4, -0.2) is 74.4 Å². The molecule has 2 aliphatic heterocycles. The van der Waals surface area contributed by atoms with E-state index in [0.29, 0.717) is 23.8 Å². The van der Waals surface area contributed by atoms with Gasteiger partial charge in [0.15, 0.2) is 11.5 Å². The number of aliphatic hydroxyl groups is 1. The maximum absolute atomic E-state index is 11.8. The Bertz CT molecular complexity index is 700. The summed E-state index contributed by atoms with van der Waals surface area (Å²) in [6.07, 6.45) is 2.31. The summed E-state index contributed by atoms with van der Waals surface area (Å²) in [4.78, 5) is 16.0. The van der Waals surface area contributed by atoms with Crippen LogP contribution in [0, 0.1) is 5.41 Å². The maximum Gasteiger partial charge on any atom is 0.219 e. The Balaban J connectivity index is 1.68. The lowest BCUT2D eigenvalue weighted by molar-refractivity contribution is -0.138. The summed E-state index contributed by atoms with van der Waals surface area (Å²) in [5.74, 6) is 2.03. The van der Waals surface area contributed by atoms with Gasteiger partial charge in [0.1, 0.15) is 0 Å². The summed E-state index contributed by atoms with van der Waals surface area (Å²) in [7, 11) is 4.87. The molecule has 156 valence electrons. The molecule has 7 nitrogen and oxygen atoms in total. The Morgan fingerprint density at radius 1 is 1.14 bits per heavy atom. The number of β-amino-alcohol motifs (C(OH)–C–C–N with tert-alkyl or cyclic N) is 1. The van der Waals surface area contributed by atoms with E-state index >= 15 is 0 Å². The minimum Gasteiger partial charge on any atom is -0.493 e. The monoisotopic (exact) mass is 392 g/mol. The Hall–Kier alpha value is -1.99. The van der Waals surface area contributed by atoms with Crippen molar-refractivity contribution in [2.45, 2.75) is 38.8 Å². The van der Waals surface area contributed by atoms with Gasteiger partial charge in [0, 0.05) is 32.1 Å². The van der Waals surface area contributed by atoms with E-state index < -0.39 is 6.10 Å². The molecule has 1 N–H and O–H groups in total. The quantitative estimate of drug-likeness (QED) is 0.825. The van der Waals surface area contributed by atoms with E-state index in [0.717, 1.165) is 51.0 Å². The molecule has 1 aromatic carbocycles. The number of carbonyl (C=O) groups excluding carboxylic acids is 1. The summed E-state index contributed by atoms with van der Waals surface area (Å²) in [5, 5.41) is 10.3. The van der Waals surface area contributed by atoms with Crippen molar-refractivity contribution in [1.29, 1.82) is 0 Å². The summed E-state index contributed by atoms with van der Waals surface area (Å²) in [6.45, 7) is 5.42. The van der Waals surface area contributed by atoms with Gasteiger partial charge in [0.25, 0.3) is 0 Å². The predicted octanol–water partition coefficient (Wildman–Crippen LogP) is 1.91. The minimum absolute atomic E-state index is 0.0293. The number of likely N-dealkylation sites (tertiary alicyclic amines) is 2. The third kappa shape index (κ3) is 4.20. The van der Waals surface area contributed by atoms with Crippen molar-refractivity contribution < 1.29 is 24.1 Å². The second-order valence-electron chi connectivity index (χ2n) is 8.03. The lowest BCUT2D eigenvalue weighted by Crippen LogP contribution is -2.54. The van der Waals surface area contributed by atoms with Crippen molar-refractivity contribution in [3.05, 3.63) is 17.7 Å². The molecule has 28 heavy (non-hydrogen) atoms. The first-order valence-corrected chi connectivity index (χ1v) is 9.85. The first-order chi connectivity index (χ1) is 13.4. The molecule has 2 aliphatic rings. The van der Waals surface area contributed by atoms with Crippen LogP contribution in [0.3, 0.4) is 0 Å². The van der Waals surface area contributed by atoms with Crippen molar-refractivity contribution in [2.75, 3.05) is 47.5 Å². The predicted molar refractivity (Wildman–Crippen MR) is 106 cm³/mol. The highest BCUT2D eigenvalue weighted by Crippen LogP contribution is 2.43. The third-order valence-electron chi connectivity index (χ3n) is 6.17. The van der Waals surface area contributed by atoms with Gasteiger partial charge in [-0.2, -0.15) is 0 Å². The SMILES string of the molecule is COc1ccc(CN2CCC3(CC2)CC(O)CN(C(C)=O)C3)c(OC)c1OC. The van der Waals surface area contributed by atoms with E-state index in [2.05, 4.69) is 4.90 Å². The second kappa shape index (κ2) is 8.57. The molecule has 2 heterocycles. The number of amides is 1.